The summed E-state index contributed by atoms with van der Waals surface area (Å²) in [7, 11) is 0. The number of amides is 1. The molecule has 0 unspecified atom stereocenters. The van der Waals surface area contributed by atoms with E-state index in [1.54, 1.807) is 12.1 Å². The highest BCUT2D eigenvalue weighted by molar-refractivity contribution is 5.92. The minimum absolute atomic E-state index is 0.0711. The summed E-state index contributed by atoms with van der Waals surface area (Å²) < 4.78 is 18.6. The first-order chi connectivity index (χ1) is 10.4. The zero-order chi connectivity index (χ0) is 16.2. The summed E-state index contributed by atoms with van der Waals surface area (Å²) >= 11 is 0. The Hall–Kier alpha value is -2.36. The van der Waals surface area contributed by atoms with Crippen molar-refractivity contribution in [2.24, 2.45) is 0 Å². The summed E-state index contributed by atoms with van der Waals surface area (Å²) in [6.07, 6.45) is 0. The van der Waals surface area contributed by atoms with E-state index in [-0.39, 0.29) is 23.7 Å². The quantitative estimate of drug-likeness (QED) is 0.921. The van der Waals surface area contributed by atoms with Crippen molar-refractivity contribution >= 4 is 11.6 Å². The maximum Gasteiger partial charge on any atom is 0.262 e. The van der Waals surface area contributed by atoms with Crippen LogP contribution in [0.25, 0.3) is 0 Å². The first kappa shape index (κ1) is 16.0. The van der Waals surface area contributed by atoms with Gasteiger partial charge in [0.2, 0.25) is 0 Å². The van der Waals surface area contributed by atoms with Crippen LogP contribution in [0.1, 0.15) is 26.3 Å². The Morgan fingerprint density at radius 2 is 1.73 bits per heavy atom. The molecule has 0 aromatic heterocycles. The molecule has 116 valence electrons. The molecule has 0 atom stereocenters. The van der Waals surface area contributed by atoms with Crippen molar-refractivity contribution in [1.82, 2.24) is 0 Å². The van der Waals surface area contributed by atoms with Gasteiger partial charge < -0.3 is 10.1 Å². The van der Waals surface area contributed by atoms with Crippen LogP contribution in [0.4, 0.5) is 10.1 Å². The molecule has 0 aliphatic carbocycles. The van der Waals surface area contributed by atoms with Gasteiger partial charge in [-0.3, -0.25) is 4.79 Å². The molecular weight excluding hydrogens is 281 g/mol. The van der Waals surface area contributed by atoms with E-state index in [0.29, 0.717) is 0 Å². The molecule has 2 aromatic carbocycles. The number of para-hydroxylation sites is 2. The van der Waals surface area contributed by atoms with E-state index in [1.165, 1.54) is 12.1 Å². The number of hydrogen-bond acceptors (Lipinski definition) is 2. The number of anilines is 1. The number of carbonyl (C=O) groups excluding carboxylic acids is 1. The minimum Gasteiger partial charge on any atom is -0.481 e. The molecule has 2 aromatic rings. The molecule has 22 heavy (non-hydrogen) atoms. The van der Waals surface area contributed by atoms with Gasteiger partial charge in [0.1, 0.15) is 0 Å². The molecule has 1 N–H and O–H groups in total. The van der Waals surface area contributed by atoms with Crippen LogP contribution in [-0.4, -0.2) is 12.5 Å². The van der Waals surface area contributed by atoms with Crippen molar-refractivity contribution in [2.75, 3.05) is 11.9 Å². The van der Waals surface area contributed by atoms with E-state index in [9.17, 15) is 9.18 Å². The molecule has 0 radical (unpaired) electrons. The van der Waals surface area contributed by atoms with Gasteiger partial charge in [-0.25, -0.2) is 4.39 Å². The lowest BCUT2D eigenvalue weighted by Gasteiger charge is -2.23. The van der Waals surface area contributed by atoms with E-state index in [1.807, 2.05) is 24.3 Å². The summed E-state index contributed by atoms with van der Waals surface area (Å²) in [6, 6.07) is 13.6. The average Bonchev–Trinajstić information content (AvgIpc) is 2.46. The van der Waals surface area contributed by atoms with Gasteiger partial charge in [-0.15, -0.1) is 0 Å². The summed E-state index contributed by atoms with van der Waals surface area (Å²) in [5.41, 5.74) is 1.70. The average molecular weight is 301 g/mol. The van der Waals surface area contributed by atoms with Crippen LogP contribution in [0.15, 0.2) is 48.5 Å². The fourth-order valence-corrected chi connectivity index (χ4v) is 2.14. The zero-order valence-electron chi connectivity index (χ0n) is 13.0. The first-order valence-electron chi connectivity index (χ1n) is 7.14. The molecule has 0 aliphatic rings. The van der Waals surface area contributed by atoms with Gasteiger partial charge >= 0.3 is 0 Å². The fourth-order valence-electron chi connectivity index (χ4n) is 2.14. The fraction of sp³-hybridized carbons (Fsp3) is 0.278. The van der Waals surface area contributed by atoms with Crippen LogP contribution in [0.3, 0.4) is 0 Å². The Balaban J connectivity index is 2.03. The Labute approximate surface area is 130 Å². The van der Waals surface area contributed by atoms with Crippen molar-refractivity contribution in [1.29, 1.82) is 0 Å². The molecular formula is C18H20FNO2. The molecule has 0 bridgehead atoms. The Morgan fingerprint density at radius 3 is 2.41 bits per heavy atom. The summed E-state index contributed by atoms with van der Waals surface area (Å²) in [4.78, 5) is 12.0. The zero-order valence-corrected chi connectivity index (χ0v) is 13.0. The predicted molar refractivity (Wildman–Crippen MR) is 85.7 cm³/mol. The van der Waals surface area contributed by atoms with Crippen LogP contribution in [0, 0.1) is 5.82 Å². The third-order valence-electron chi connectivity index (χ3n) is 3.20. The molecule has 0 saturated carbocycles. The molecule has 2 rings (SSSR count). The SMILES string of the molecule is CC(C)(C)c1ccccc1NC(=O)COc1ccccc1F. The lowest BCUT2D eigenvalue weighted by molar-refractivity contribution is -0.118. The predicted octanol–water partition coefficient (Wildman–Crippen LogP) is 4.14. The molecule has 3 nitrogen and oxygen atoms in total. The Kier molecular flexibility index (Phi) is 4.81. The summed E-state index contributed by atoms with van der Waals surface area (Å²) in [5, 5.41) is 2.82. The number of nitrogens with one attached hydrogen (secondary N) is 1. The van der Waals surface area contributed by atoms with Crippen LogP contribution in [-0.2, 0) is 10.2 Å². The number of rotatable bonds is 4. The second-order valence-corrected chi connectivity index (χ2v) is 6.06. The topological polar surface area (TPSA) is 38.3 Å². The number of hydrogen-bond donors (Lipinski definition) is 1. The lowest BCUT2D eigenvalue weighted by atomic mass is 9.86. The van der Waals surface area contributed by atoms with Crippen LogP contribution in [0.5, 0.6) is 5.75 Å². The molecule has 1 amide bonds. The highest BCUT2D eigenvalue weighted by Crippen LogP contribution is 2.29. The second-order valence-electron chi connectivity index (χ2n) is 6.06. The normalized spacial score (nSPS) is 11.1. The monoisotopic (exact) mass is 301 g/mol. The number of carbonyl (C=O) groups is 1. The number of benzene rings is 2. The van der Waals surface area contributed by atoms with Crippen molar-refractivity contribution in [2.45, 2.75) is 26.2 Å². The van der Waals surface area contributed by atoms with E-state index in [0.717, 1.165) is 11.3 Å². The van der Waals surface area contributed by atoms with Crippen molar-refractivity contribution < 1.29 is 13.9 Å². The van der Waals surface area contributed by atoms with E-state index in [4.69, 9.17) is 4.74 Å². The molecule has 0 aliphatic heterocycles. The first-order valence-corrected chi connectivity index (χ1v) is 7.14. The largest absolute Gasteiger partial charge is 0.481 e. The minimum atomic E-state index is -0.481. The molecule has 4 heteroatoms. The third-order valence-corrected chi connectivity index (χ3v) is 3.20. The van der Waals surface area contributed by atoms with Crippen LogP contribution < -0.4 is 10.1 Å². The van der Waals surface area contributed by atoms with Gasteiger partial charge in [0.05, 0.1) is 0 Å². The van der Waals surface area contributed by atoms with Gasteiger partial charge in [0.25, 0.3) is 5.91 Å². The summed E-state index contributed by atoms with van der Waals surface area (Å²) in [6.45, 7) is 5.99. The molecule has 0 saturated heterocycles. The van der Waals surface area contributed by atoms with E-state index in [2.05, 4.69) is 26.1 Å². The van der Waals surface area contributed by atoms with Crippen LogP contribution >= 0.6 is 0 Å². The number of halogens is 1. The van der Waals surface area contributed by atoms with Crippen molar-refractivity contribution in [3.63, 3.8) is 0 Å². The van der Waals surface area contributed by atoms with Gasteiger partial charge in [0, 0.05) is 5.69 Å². The molecule has 0 spiro atoms. The van der Waals surface area contributed by atoms with Crippen molar-refractivity contribution in [3.8, 4) is 5.75 Å². The maximum atomic E-state index is 13.4. The highest BCUT2D eigenvalue weighted by atomic mass is 19.1. The van der Waals surface area contributed by atoms with E-state index >= 15 is 0 Å². The van der Waals surface area contributed by atoms with Gasteiger partial charge in [-0.1, -0.05) is 51.1 Å². The van der Waals surface area contributed by atoms with Gasteiger partial charge in [0.15, 0.2) is 18.2 Å². The summed E-state index contributed by atoms with van der Waals surface area (Å²) in [5.74, 6) is -0.730. The standard InChI is InChI=1S/C18H20FNO2/c1-18(2,3)13-8-4-6-10-15(13)20-17(21)12-22-16-11-7-5-9-14(16)19/h4-11H,12H2,1-3H3,(H,20,21). The van der Waals surface area contributed by atoms with Gasteiger partial charge in [-0.2, -0.15) is 0 Å². The molecule has 0 fully saturated rings. The van der Waals surface area contributed by atoms with Crippen molar-refractivity contribution in [3.05, 3.63) is 59.9 Å². The highest BCUT2D eigenvalue weighted by Gasteiger charge is 2.18. The van der Waals surface area contributed by atoms with Crippen LogP contribution in [0.2, 0.25) is 0 Å². The van der Waals surface area contributed by atoms with Gasteiger partial charge in [-0.05, 0) is 29.2 Å². The second kappa shape index (κ2) is 6.60. The molecule has 0 heterocycles. The third kappa shape index (κ3) is 4.07. The Morgan fingerprint density at radius 1 is 1.09 bits per heavy atom. The van der Waals surface area contributed by atoms with E-state index < -0.39 is 5.82 Å². The lowest BCUT2D eigenvalue weighted by Crippen LogP contribution is -2.23. The smallest absolute Gasteiger partial charge is 0.262 e. The Bertz CT molecular complexity index is 662. The number of ether oxygens (including phenoxy) is 1. The maximum absolute atomic E-state index is 13.4.